The van der Waals surface area contributed by atoms with E-state index in [0.717, 1.165) is 24.0 Å². The lowest BCUT2D eigenvalue weighted by molar-refractivity contribution is -0.151. The molecular formula is C16H23N3O2. The van der Waals surface area contributed by atoms with E-state index < -0.39 is 5.54 Å². The highest BCUT2D eigenvalue weighted by molar-refractivity contribution is 5.81. The molecule has 21 heavy (non-hydrogen) atoms. The van der Waals surface area contributed by atoms with Crippen LogP contribution in [0.25, 0.3) is 11.0 Å². The number of benzene rings is 1. The van der Waals surface area contributed by atoms with E-state index in [1.54, 1.807) is 6.33 Å². The Balaban J connectivity index is 2.27. The van der Waals surface area contributed by atoms with Gasteiger partial charge in [0.2, 0.25) is 0 Å². The minimum atomic E-state index is -0.754. The van der Waals surface area contributed by atoms with Crippen LogP contribution in [0.3, 0.4) is 0 Å². The van der Waals surface area contributed by atoms with E-state index in [-0.39, 0.29) is 5.97 Å². The largest absolute Gasteiger partial charge is 0.465 e. The monoisotopic (exact) mass is 289 g/mol. The fourth-order valence-corrected chi connectivity index (χ4v) is 2.36. The van der Waals surface area contributed by atoms with Crippen LogP contribution >= 0.6 is 0 Å². The Morgan fingerprint density at radius 3 is 2.86 bits per heavy atom. The lowest BCUT2D eigenvalue weighted by Crippen LogP contribution is -2.53. The number of hydrogen-bond acceptors (Lipinski definition) is 4. The third kappa shape index (κ3) is 3.42. The molecule has 0 radical (unpaired) electrons. The maximum absolute atomic E-state index is 12.3. The molecule has 5 nitrogen and oxygen atoms in total. The normalized spacial score (nSPS) is 14.0. The average Bonchev–Trinajstić information content (AvgIpc) is 2.89. The van der Waals surface area contributed by atoms with Gasteiger partial charge in [-0.25, -0.2) is 9.78 Å². The summed E-state index contributed by atoms with van der Waals surface area (Å²) in [6.45, 7) is 7.42. The van der Waals surface area contributed by atoms with Gasteiger partial charge >= 0.3 is 5.97 Å². The molecule has 0 fully saturated rings. The van der Waals surface area contributed by atoms with E-state index in [9.17, 15) is 4.79 Å². The SMILES string of the molecule is CCCNC(C)(Cn1cnc2ccccc21)C(=O)OCC. The van der Waals surface area contributed by atoms with Gasteiger partial charge in [-0.3, -0.25) is 0 Å². The van der Waals surface area contributed by atoms with E-state index >= 15 is 0 Å². The topological polar surface area (TPSA) is 56.2 Å². The Morgan fingerprint density at radius 1 is 1.38 bits per heavy atom. The van der Waals surface area contributed by atoms with Crippen molar-refractivity contribution < 1.29 is 9.53 Å². The predicted molar refractivity (Wildman–Crippen MR) is 83.1 cm³/mol. The standard InChI is InChI=1S/C16H23N3O2/c1-4-10-18-16(3,15(20)21-5-2)11-19-12-17-13-8-6-7-9-14(13)19/h6-9,12,18H,4-5,10-11H2,1-3H3. The van der Waals surface area contributed by atoms with Crippen LogP contribution in [-0.2, 0) is 16.1 Å². The minimum absolute atomic E-state index is 0.226. The molecule has 0 spiro atoms. The van der Waals surface area contributed by atoms with Gasteiger partial charge in [-0.05, 0) is 38.9 Å². The van der Waals surface area contributed by atoms with Crippen molar-refractivity contribution in [3.05, 3.63) is 30.6 Å². The molecule has 2 rings (SSSR count). The quantitative estimate of drug-likeness (QED) is 0.795. The lowest BCUT2D eigenvalue weighted by atomic mass is 10.0. The number of para-hydroxylation sites is 2. The van der Waals surface area contributed by atoms with Gasteiger partial charge in [0.25, 0.3) is 0 Å². The number of imidazole rings is 1. The van der Waals surface area contributed by atoms with Gasteiger partial charge in [-0.1, -0.05) is 19.1 Å². The second kappa shape index (κ2) is 6.72. The van der Waals surface area contributed by atoms with Crippen molar-refractivity contribution in [3.63, 3.8) is 0 Å². The molecule has 0 bridgehead atoms. The van der Waals surface area contributed by atoms with E-state index in [1.807, 2.05) is 42.7 Å². The first-order chi connectivity index (χ1) is 10.1. The van der Waals surface area contributed by atoms with Crippen LogP contribution in [0.4, 0.5) is 0 Å². The molecule has 5 heteroatoms. The van der Waals surface area contributed by atoms with Gasteiger partial charge in [0.05, 0.1) is 30.5 Å². The molecule has 0 amide bonds. The fourth-order valence-electron chi connectivity index (χ4n) is 2.36. The number of carbonyl (C=O) groups excluding carboxylic acids is 1. The average molecular weight is 289 g/mol. The van der Waals surface area contributed by atoms with Crippen molar-refractivity contribution in [1.82, 2.24) is 14.9 Å². The number of hydrogen-bond donors (Lipinski definition) is 1. The van der Waals surface area contributed by atoms with Gasteiger partial charge < -0.3 is 14.6 Å². The van der Waals surface area contributed by atoms with Crippen molar-refractivity contribution in [2.75, 3.05) is 13.2 Å². The minimum Gasteiger partial charge on any atom is -0.465 e. The zero-order valence-electron chi connectivity index (χ0n) is 12.9. The Bertz CT molecular complexity index is 608. The number of ether oxygens (including phenoxy) is 1. The Hall–Kier alpha value is -1.88. The highest BCUT2D eigenvalue weighted by Crippen LogP contribution is 2.17. The first-order valence-electron chi connectivity index (χ1n) is 7.43. The Kier molecular flexibility index (Phi) is 4.96. The number of aromatic nitrogens is 2. The smallest absolute Gasteiger partial charge is 0.327 e. The van der Waals surface area contributed by atoms with Crippen molar-refractivity contribution >= 4 is 17.0 Å². The summed E-state index contributed by atoms with van der Waals surface area (Å²) in [6.07, 6.45) is 2.73. The molecule has 1 unspecified atom stereocenters. The lowest BCUT2D eigenvalue weighted by Gasteiger charge is -2.29. The highest BCUT2D eigenvalue weighted by atomic mass is 16.5. The third-order valence-electron chi connectivity index (χ3n) is 3.51. The Labute approximate surface area is 125 Å². The van der Waals surface area contributed by atoms with Crippen molar-refractivity contribution in [2.45, 2.75) is 39.3 Å². The maximum atomic E-state index is 12.3. The molecular weight excluding hydrogens is 266 g/mol. The van der Waals surface area contributed by atoms with Crippen LogP contribution in [0.15, 0.2) is 30.6 Å². The highest BCUT2D eigenvalue weighted by Gasteiger charge is 2.34. The predicted octanol–water partition coefficient (Wildman–Crippen LogP) is 2.36. The molecule has 1 heterocycles. The van der Waals surface area contributed by atoms with Crippen LogP contribution in [0.5, 0.6) is 0 Å². The Morgan fingerprint density at radius 2 is 2.14 bits per heavy atom. The molecule has 0 aliphatic heterocycles. The van der Waals surface area contributed by atoms with Crippen LogP contribution in [0, 0.1) is 0 Å². The molecule has 0 saturated carbocycles. The number of nitrogens with zero attached hydrogens (tertiary/aromatic N) is 2. The summed E-state index contributed by atoms with van der Waals surface area (Å²) < 4.78 is 7.22. The van der Waals surface area contributed by atoms with Gasteiger partial charge in [0.15, 0.2) is 0 Å². The van der Waals surface area contributed by atoms with E-state index in [0.29, 0.717) is 13.2 Å². The van der Waals surface area contributed by atoms with Crippen LogP contribution < -0.4 is 5.32 Å². The molecule has 2 aromatic rings. The van der Waals surface area contributed by atoms with Crippen LogP contribution in [0.1, 0.15) is 27.2 Å². The van der Waals surface area contributed by atoms with Gasteiger partial charge in [-0.15, -0.1) is 0 Å². The molecule has 1 N–H and O–H groups in total. The molecule has 0 saturated heterocycles. The number of rotatable bonds is 7. The summed E-state index contributed by atoms with van der Waals surface area (Å²) in [4.78, 5) is 16.7. The summed E-state index contributed by atoms with van der Waals surface area (Å²) in [7, 11) is 0. The second-order valence-electron chi connectivity index (χ2n) is 5.34. The number of esters is 1. The van der Waals surface area contributed by atoms with Crippen molar-refractivity contribution in [2.24, 2.45) is 0 Å². The zero-order valence-corrected chi connectivity index (χ0v) is 12.9. The van der Waals surface area contributed by atoms with Crippen molar-refractivity contribution in [1.29, 1.82) is 0 Å². The van der Waals surface area contributed by atoms with E-state index in [4.69, 9.17) is 4.74 Å². The molecule has 1 aromatic carbocycles. The summed E-state index contributed by atoms with van der Waals surface area (Å²) in [5.74, 6) is -0.226. The second-order valence-corrected chi connectivity index (χ2v) is 5.34. The first kappa shape index (κ1) is 15.5. The molecule has 0 aliphatic rings. The van der Waals surface area contributed by atoms with Gasteiger partial charge in [-0.2, -0.15) is 0 Å². The maximum Gasteiger partial charge on any atom is 0.327 e. The number of nitrogens with one attached hydrogen (secondary N) is 1. The van der Waals surface area contributed by atoms with Crippen molar-refractivity contribution in [3.8, 4) is 0 Å². The summed E-state index contributed by atoms with van der Waals surface area (Å²) in [5.41, 5.74) is 1.20. The number of carbonyl (C=O) groups is 1. The molecule has 1 aromatic heterocycles. The molecule has 0 aliphatic carbocycles. The summed E-state index contributed by atoms with van der Waals surface area (Å²) in [6, 6.07) is 7.90. The van der Waals surface area contributed by atoms with E-state index in [2.05, 4.69) is 17.2 Å². The molecule has 114 valence electrons. The first-order valence-corrected chi connectivity index (χ1v) is 7.43. The van der Waals surface area contributed by atoms with Gasteiger partial charge in [0, 0.05) is 0 Å². The van der Waals surface area contributed by atoms with Crippen LogP contribution in [0.2, 0.25) is 0 Å². The van der Waals surface area contributed by atoms with E-state index in [1.165, 1.54) is 0 Å². The number of fused-ring (bicyclic) bond motifs is 1. The van der Waals surface area contributed by atoms with Gasteiger partial charge in [0.1, 0.15) is 5.54 Å². The summed E-state index contributed by atoms with van der Waals surface area (Å²) in [5, 5.41) is 3.31. The summed E-state index contributed by atoms with van der Waals surface area (Å²) >= 11 is 0. The molecule has 1 atom stereocenters. The van der Waals surface area contributed by atoms with Crippen LogP contribution in [-0.4, -0.2) is 34.2 Å². The fraction of sp³-hybridized carbons (Fsp3) is 0.500. The zero-order chi connectivity index (χ0) is 15.3. The third-order valence-corrected chi connectivity index (χ3v) is 3.51.